The summed E-state index contributed by atoms with van der Waals surface area (Å²) in [4.78, 5) is 4.34. The van der Waals surface area contributed by atoms with E-state index in [9.17, 15) is 0 Å². The fourth-order valence-corrected chi connectivity index (χ4v) is 2.04. The molecule has 1 aliphatic carbocycles. The van der Waals surface area contributed by atoms with Crippen LogP contribution in [0.4, 0.5) is 5.82 Å². The Labute approximate surface area is 93.4 Å². The minimum atomic E-state index is 0.405. The molecule has 1 N–H and O–H groups in total. The Morgan fingerprint density at radius 1 is 1.44 bits per heavy atom. The summed E-state index contributed by atoms with van der Waals surface area (Å²) in [5, 5.41) is 7.59. The lowest BCUT2D eigenvalue weighted by atomic mass is 9.89. The molecule has 0 spiro atoms. The van der Waals surface area contributed by atoms with E-state index in [0.717, 1.165) is 24.2 Å². The van der Waals surface area contributed by atoms with Crippen molar-refractivity contribution in [3.63, 3.8) is 0 Å². The van der Waals surface area contributed by atoms with Gasteiger partial charge < -0.3 is 10.1 Å². The maximum absolute atomic E-state index is 5.25. The van der Waals surface area contributed by atoms with Gasteiger partial charge in [0.2, 0.25) is 0 Å². The van der Waals surface area contributed by atoms with Gasteiger partial charge in [-0.3, -0.25) is 0 Å². The quantitative estimate of drug-likeness (QED) is 0.844. The first kappa shape index (κ1) is 9.59. The lowest BCUT2D eigenvalue weighted by Gasteiger charge is -2.34. The van der Waals surface area contributed by atoms with Gasteiger partial charge in [-0.25, -0.2) is 9.50 Å². The van der Waals surface area contributed by atoms with Crippen LogP contribution in [0, 0.1) is 0 Å². The van der Waals surface area contributed by atoms with Gasteiger partial charge >= 0.3 is 0 Å². The summed E-state index contributed by atoms with van der Waals surface area (Å²) in [6.07, 6.45) is 7.89. The number of fused-ring (bicyclic) bond motifs is 1. The van der Waals surface area contributed by atoms with Crippen LogP contribution < -0.4 is 5.32 Å². The van der Waals surface area contributed by atoms with Gasteiger partial charge in [-0.1, -0.05) is 0 Å². The number of hydrogen-bond donors (Lipinski definition) is 1. The number of methoxy groups -OCH3 is 1. The summed E-state index contributed by atoms with van der Waals surface area (Å²) < 4.78 is 7.07. The number of nitrogens with zero attached hydrogens (tertiary/aromatic N) is 3. The summed E-state index contributed by atoms with van der Waals surface area (Å²) in [5.41, 5.74) is 1.02. The normalized spacial score (nSPS) is 24.3. The molecule has 5 nitrogen and oxygen atoms in total. The van der Waals surface area contributed by atoms with Crippen molar-refractivity contribution in [2.45, 2.75) is 25.0 Å². The Morgan fingerprint density at radius 2 is 2.31 bits per heavy atom. The third kappa shape index (κ3) is 1.53. The fourth-order valence-electron chi connectivity index (χ4n) is 2.04. The standard InChI is InChI=1S/C11H14N4O/c1-16-9-6-8(7-9)14-11-10-2-3-13-15(10)5-4-12-11/h2-5,8-9H,6-7H2,1H3,(H,12,14). The SMILES string of the molecule is COC1CC(Nc2nccn3nccc23)C1. The van der Waals surface area contributed by atoms with Gasteiger partial charge in [0.15, 0.2) is 5.82 Å². The van der Waals surface area contributed by atoms with Crippen LogP contribution in [0.5, 0.6) is 0 Å². The molecular formula is C11H14N4O. The number of rotatable bonds is 3. The highest BCUT2D eigenvalue weighted by atomic mass is 16.5. The molecule has 0 saturated heterocycles. The van der Waals surface area contributed by atoms with Gasteiger partial charge in [0.05, 0.1) is 12.3 Å². The van der Waals surface area contributed by atoms with E-state index in [-0.39, 0.29) is 0 Å². The first-order valence-corrected chi connectivity index (χ1v) is 5.44. The van der Waals surface area contributed by atoms with Crippen LogP contribution in [0.25, 0.3) is 5.52 Å². The topological polar surface area (TPSA) is 51.5 Å². The molecule has 0 bridgehead atoms. The number of anilines is 1. The number of aromatic nitrogens is 3. The Bertz CT molecular complexity index is 489. The van der Waals surface area contributed by atoms with E-state index in [1.54, 1.807) is 19.5 Å². The molecule has 2 heterocycles. The van der Waals surface area contributed by atoms with Crippen molar-refractivity contribution in [1.29, 1.82) is 0 Å². The Balaban J connectivity index is 1.77. The second-order valence-electron chi connectivity index (χ2n) is 4.11. The van der Waals surface area contributed by atoms with Crippen LogP contribution in [0.15, 0.2) is 24.7 Å². The van der Waals surface area contributed by atoms with E-state index in [1.807, 2.05) is 16.8 Å². The van der Waals surface area contributed by atoms with Gasteiger partial charge in [0, 0.05) is 25.5 Å². The summed E-state index contributed by atoms with van der Waals surface area (Å²) >= 11 is 0. The predicted molar refractivity (Wildman–Crippen MR) is 60.4 cm³/mol. The smallest absolute Gasteiger partial charge is 0.152 e. The Morgan fingerprint density at radius 3 is 3.12 bits per heavy atom. The molecule has 1 fully saturated rings. The van der Waals surface area contributed by atoms with Crippen LogP contribution in [0.2, 0.25) is 0 Å². The zero-order valence-corrected chi connectivity index (χ0v) is 9.13. The average molecular weight is 218 g/mol. The maximum atomic E-state index is 5.25. The van der Waals surface area contributed by atoms with E-state index < -0.39 is 0 Å². The van der Waals surface area contributed by atoms with Crippen molar-refractivity contribution in [3.8, 4) is 0 Å². The number of ether oxygens (including phenoxy) is 1. The number of nitrogens with one attached hydrogen (secondary N) is 1. The van der Waals surface area contributed by atoms with Gasteiger partial charge in [-0.15, -0.1) is 0 Å². The molecule has 2 aromatic heterocycles. The van der Waals surface area contributed by atoms with Crippen LogP contribution in [0.3, 0.4) is 0 Å². The molecule has 0 atom stereocenters. The van der Waals surface area contributed by atoms with Gasteiger partial charge in [0.1, 0.15) is 5.52 Å². The van der Waals surface area contributed by atoms with Gasteiger partial charge in [-0.05, 0) is 18.9 Å². The summed E-state index contributed by atoms with van der Waals surface area (Å²) in [6, 6.07) is 2.43. The molecule has 0 aromatic carbocycles. The van der Waals surface area contributed by atoms with E-state index in [4.69, 9.17) is 4.74 Å². The molecule has 1 aliphatic rings. The van der Waals surface area contributed by atoms with Gasteiger partial charge in [0.25, 0.3) is 0 Å². The highest BCUT2D eigenvalue weighted by Crippen LogP contribution is 2.26. The van der Waals surface area contributed by atoms with E-state index in [2.05, 4.69) is 15.4 Å². The zero-order chi connectivity index (χ0) is 11.0. The lowest BCUT2D eigenvalue weighted by Crippen LogP contribution is -2.40. The van der Waals surface area contributed by atoms with Crippen LogP contribution in [-0.4, -0.2) is 33.9 Å². The van der Waals surface area contributed by atoms with Crippen molar-refractivity contribution in [2.75, 3.05) is 12.4 Å². The van der Waals surface area contributed by atoms with Crippen molar-refractivity contribution in [3.05, 3.63) is 24.7 Å². The molecule has 2 aromatic rings. The number of hydrogen-bond acceptors (Lipinski definition) is 4. The zero-order valence-electron chi connectivity index (χ0n) is 9.13. The van der Waals surface area contributed by atoms with Crippen molar-refractivity contribution < 1.29 is 4.74 Å². The molecule has 1 saturated carbocycles. The van der Waals surface area contributed by atoms with Crippen molar-refractivity contribution >= 4 is 11.3 Å². The fraction of sp³-hybridized carbons (Fsp3) is 0.455. The van der Waals surface area contributed by atoms with Crippen molar-refractivity contribution in [2.24, 2.45) is 0 Å². The molecule has 0 aliphatic heterocycles. The first-order chi connectivity index (χ1) is 7.86. The third-order valence-electron chi connectivity index (χ3n) is 3.09. The third-order valence-corrected chi connectivity index (χ3v) is 3.09. The molecular weight excluding hydrogens is 204 g/mol. The largest absolute Gasteiger partial charge is 0.381 e. The molecule has 84 valence electrons. The lowest BCUT2D eigenvalue weighted by molar-refractivity contribution is 0.0328. The summed E-state index contributed by atoms with van der Waals surface area (Å²) in [7, 11) is 1.76. The molecule has 16 heavy (non-hydrogen) atoms. The predicted octanol–water partition coefficient (Wildman–Crippen LogP) is 1.32. The molecule has 5 heteroatoms. The molecule has 0 radical (unpaired) electrons. The van der Waals surface area contributed by atoms with E-state index in [1.165, 1.54) is 0 Å². The monoisotopic (exact) mass is 218 g/mol. The van der Waals surface area contributed by atoms with Crippen molar-refractivity contribution in [1.82, 2.24) is 14.6 Å². The first-order valence-electron chi connectivity index (χ1n) is 5.44. The second-order valence-corrected chi connectivity index (χ2v) is 4.11. The molecule has 3 rings (SSSR count). The van der Waals surface area contributed by atoms with Crippen LogP contribution in [-0.2, 0) is 4.74 Å². The van der Waals surface area contributed by atoms with Gasteiger partial charge in [-0.2, -0.15) is 5.10 Å². The summed E-state index contributed by atoms with van der Waals surface area (Å²) in [5.74, 6) is 0.902. The van der Waals surface area contributed by atoms with Crippen LogP contribution >= 0.6 is 0 Å². The Kier molecular flexibility index (Phi) is 2.25. The minimum absolute atomic E-state index is 0.405. The highest BCUT2D eigenvalue weighted by molar-refractivity contribution is 5.67. The minimum Gasteiger partial charge on any atom is -0.381 e. The van der Waals surface area contributed by atoms with Crippen LogP contribution in [0.1, 0.15) is 12.8 Å². The molecule has 0 unspecified atom stereocenters. The maximum Gasteiger partial charge on any atom is 0.152 e. The average Bonchev–Trinajstić information content (AvgIpc) is 2.71. The van der Waals surface area contributed by atoms with E-state index >= 15 is 0 Å². The Hall–Kier alpha value is -1.62. The summed E-state index contributed by atoms with van der Waals surface area (Å²) in [6.45, 7) is 0. The van der Waals surface area contributed by atoms with E-state index in [0.29, 0.717) is 12.1 Å². The highest BCUT2D eigenvalue weighted by Gasteiger charge is 2.29. The molecule has 0 amide bonds. The second kappa shape index (κ2) is 3.75.